The minimum absolute atomic E-state index is 0.129. The summed E-state index contributed by atoms with van der Waals surface area (Å²) >= 11 is 2.25. The summed E-state index contributed by atoms with van der Waals surface area (Å²) in [5.41, 5.74) is 0.672. The van der Waals surface area contributed by atoms with Gasteiger partial charge in [-0.15, -0.1) is 0 Å². The minimum atomic E-state index is -0.169. The van der Waals surface area contributed by atoms with Crippen LogP contribution in [0.4, 0.5) is 4.39 Å². The monoisotopic (exact) mass is 350 g/mol. The summed E-state index contributed by atoms with van der Waals surface area (Å²) in [7, 11) is 0. The lowest BCUT2D eigenvalue weighted by Gasteiger charge is -2.19. The summed E-state index contributed by atoms with van der Waals surface area (Å²) in [6.07, 6.45) is 2.20. The van der Waals surface area contributed by atoms with Gasteiger partial charge in [-0.1, -0.05) is 61.1 Å². The fraction of sp³-hybridized carbons (Fsp3) is 0.571. The molecule has 0 spiro atoms. The van der Waals surface area contributed by atoms with Gasteiger partial charge in [0.25, 0.3) is 0 Å². The van der Waals surface area contributed by atoms with Crippen molar-refractivity contribution in [3.63, 3.8) is 0 Å². The first-order valence-electron chi connectivity index (χ1n) is 6.11. The smallest absolute Gasteiger partial charge is 0.129 e. The Morgan fingerprint density at radius 2 is 2.06 bits per heavy atom. The Hall–Kier alpha value is -0.160. The van der Waals surface area contributed by atoms with Crippen LogP contribution in [0.2, 0.25) is 0 Å². The van der Waals surface area contributed by atoms with Crippen molar-refractivity contribution in [2.75, 3.05) is 11.0 Å². The predicted molar refractivity (Wildman–Crippen MR) is 78.1 cm³/mol. The van der Waals surface area contributed by atoms with Gasteiger partial charge < -0.3 is 4.74 Å². The third-order valence-corrected chi connectivity index (χ3v) is 3.56. The fourth-order valence-electron chi connectivity index (χ4n) is 1.81. The normalized spacial score (nSPS) is 14.6. The number of halogens is 2. The van der Waals surface area contributed by atoms with E-state index in [4.69, 9.17) is 4.74 Å². The van der Waals surface area contributed by atoms with E-state index in [1.165, 1.54) is 12.5 Å². The highest BCUT2D eigenvalue weighted by atomic mass is 127. The van der Waals surface area contributed by atoms with Crippen LogP contribution < -0.4 is 0 Å². The molecule has 0 saturated heterocycles. The molecular formula is C14H20FIO. The number of rotatable bonds is 7. The zero-order chi connectivity index (χ0) is 12.7. The molecular weight excluding hydrogens is 330 g/mol. The molecule has 17 heavy (non-hydrogen) atoms. The molecule has 1 nitrogen and oxygen atoms in total. The predicted octanol–water partition coefficient (Wildman–Crippen LogP) is 4.75. The first kappa shape index (κ1) is 14.9. The number of ether oxygens (including phenoxy) is 1. The van der Waals surface area contributed by atoms with E-state index in [9.17, 15) is 4.39 Å². The van der Waals surface area contributed by atoms with Crippen molar-refractivity contribution in [1.82, 2.24) is 0 Å². The summed E-state index contributed by atoms with van der Waals surface area (Å²) in [5, 5.41) is 0. The van der Waals surface area contributed by atoms with Gasteiger partial charge in [0.05, 0.1) is 6.10 Å². The van der Waals surface area contributed by atoms with E-state index >= 15 is 0 Å². The Bertz CT molecular complexity index is 330. The van der Waals surface area contributed by atoms with Gasteiger partial charge >= 0.3 is 0 Å². The van der Waals surface area contributed by atoms with Gasteiger partial charge in [-0.3, -0.25) is 0 Å². The highest BCUT2D eigenvalue weighted by molar-refractivity contribution is 14.1. The number of alkyl halides is 1. The maximum atomic E-state index is 13.6. The Morgan fingerprint density at radius 3 is 2.65 bits per heavy atom. The van der Waals surface area contributed by atoms with Crippen LogP contribution in [-0.4, -0.2) is 11.0 Å². The highest BCUT2D eigenvalue weighted by Crippen LogP contribution is 2.23. The van der Waals surface area contributed by atoms with Crippen molar-refractivity contribution in [2.24, 2.45) is 5.92 Å². The van der Waals surface area contributed by atoms with Crippen molar-refractivity contribution in [2.45, 2.75) is 32.8 Å². The molecule has 1 aromatic carbocycles. The Balaban J connectivity index is 2.57. The Kier molecular flexibility index (Phi) is 7.04. The zero-order valence-electron chi connectivity index (χ0n) is 10.5. The second-order valence-corrected chi connectivity index (χ2v) is 5.27. The van der Waals surface area contributed by atoms with E-state index in [0.29, 0.717) is 18.1 Å². The lowest BCUT2D eigenvalue weighted by molar-refractivity contribution is 0.0438. The van der Waals surface area contributed by atoms with E-state index in [1.54, 1.807) is 6.07 Å². The molecule has 2 atom stereocenters. The molecule has 0 fully saturated rings. The lowest BCUT2D eigenvalue weighted by Crippen LogP contribution is -2.13. The van der Waals surface area contributed by atoms with Crippen LogP contribution in [0.1, 0.15) is 38.4 Å². The molecule has 1 aromatic rings. The van der Waals surface area contributed by atoms with E-state index < -0.39 is 0 Å². The number of hydrogen-bond acceptors (Lipinski definition) is 1. The number of benzene rings is 1. The molecule has 0 N–H and O–H groups in total. The Labute approximate surface area is 117 Å². The molecule has 0 aliphatic heterocycles. The van der Waals surface area contributed by atoms with Crippen molar-refractivity contribution in [1.29, 1.82) is 0 Å². The van der Waals surface area contributed by atoms with Crippen molar-refractivity contribution in [3.8, 4) is 0 Å². The quantitative estimate of drug-likeness (QED) is 0.509. The third-order valence-electron chi connectivity index (χ3n) is 2.76. The molecule has 0 aliphatic rings. The van der Waals surface area contributed by atoms with Gasteiger partial charge in [-0.2, -0.15) is 0 Å². The molecule has 0 radical (unpaired) electrons. The standard InChI is InChI=1S/C14H20FIO/c1-3-6-11(2)10-17-14(9-16)12-7-4-5-8-13(12)15/h4-5,7-8,11,14H,3,6,9-10H2,1-2H3. The van der Waals surface area contributed by atoms with Crippen LogP contribution in [-0.2, 0) is 4.74 Å². The van der Waals surface area contributed by atoms with Gasteiger partial charge in [0, 0.05) is 16.6 Å². The molecule has 1 rings (SSSR count). The van der Waals surface area contributed by atoms with Crippen LogP contribution in [0.15, 0.2) is 24.3 Å². The summed E-state index contributed by atoms with van der Waals surface area (Å²) in [4.78, 5) is 0. The first-order valence-corrected chi connectivity index (χ1v) is 7.63. The van der Waals surface area contributed by atoms with E-state index in [0.717, 1.165) is 10.8 Å². The van der Waals surface area contributed by atoms with Crippen LogP contribution in [0.5, 0.6) is 0 Å². The van der Waals surface area contributed by atoms with Gasteiger partial charge in [0.15, 0.2) is 0 Å². The average molecular weight is 350 g/mol. The third kappa shape index (κ3) is 4.92. The van der Waals surface area contributed by atoms with Crippen LogP contribution in [0, 0.1) is 11.7 Å². The average Bonchev–Trinajstić information content (AvgIpc) is 2.32. The fourth-order valence-corrected chi connectivity index (χ4v) is 2.54. The van der Waals surface area contributed by atoms with E-state index in [1.807, 2.05) is 12.1 Å². The topological polar surface area (TPSA) is 9.23 Å². The molecule has 2 unspecified atom stereocenters. The maximum Gasteiger partial charge on any atom is 0.129 e. The summed E-state index contributed by atoms with van der Waals surface area (Å²) in [6, 6.07) is 6.87. The Morgan fingerprint density at radius 1 is 1.35 bits per heavy atom. The minimum Gasteiger partial charge on any atom is -0.372 e. The molecule has 0 heterocycles. The van der Waals surface area contributed by atoms with Crippen LogP contribution in [0.25, 0.3) is 0 Å². The largest absolute Gasteiger partial charge is 0.372 e. The van der Waals surface area contributed by atoms with E-state index in [-0.39, 0.29) is 11.9 Å². The van der Waals surface area contributed by atoms with E-state index in [2.05, 4.69) is 36.4 Å². The van der Waals surface area contributed by atoms with Gasteiger partial charge in [-0.05, 0) is 18.4 Å². The molecule has 96 valence electrons. The van der Waals surface area contributed by atoms with Crippen LogP contribution in [0.3, 0.4) is 0 Å². The van der Waals surface area contributed by atoms with Gasteiger partial charge in [-0.25, -0.2) is 4.39 Å². The van der Waals surface area contributed by atoms with Crippen LogP contribution >= 0.6 is 22.6 Å². The molecule has 0 aromatic heterocycles. The second-order valence-electron chi connectivity index (χ2n) is 4.39. The van der Waals surface area contributed by atoms with Crippen molar-refractivity contribution >= 4 is 22.6 Å². The second kappa shape index (κ2) is 8.03. The van der Waals surface area contributed by atoms with Crippen molar-refractivity contribution < 1.29 is 9.13 Å². The molecule has 0 saturated carbocycles. The summed E-state index contributed by atoms with van der Waals surface area (Å²) < 4.78 is 20.2. The molecule has 3 heteroatoms. The molecule has 0 aliphatic carbocycles. The summed E-state index contributed by atoms with van der Waals surface area (Å²) in [6.45, 7) is 5.05. The number of hydrogen-bond donors (Lipinski definition) is 0. The zero-order valence-corrected chi connectivity index (χ0v) is 12.6. The maximum absolute atomic E-state index is 13.6. The van der Waals surface area contributed by atoms with Crippen molar-refractivity contribution in [3.05, 3.63) is 35.6 Å². The molecule has 0 bridgehead atoms. The summed E-state index contributed by atoms with van der Waals surface area (Å²) in [5.74, 6) is 0.370. The molecule has 0 amide bonds. The first-order chi connectivity index (χ1) is 8.19. The highest BCUT2D eigenvalue weighted by Gasteiger charge is 2.15. The van der Waals surface area contributed by atoms with Gasteiger partial charge in [0.1, 0.15) is 5.82 Å². The van der Waals surface area contributed by atoms with Gasteiger partial charge in [0.2, 0.25) is 0 Å². The SMILES string of the molecule is CCCC(C)COC(CI)c1ccccc1F. The lowest BCUT2D eigenvalue weighted by atomic mass is 10.1.